The molecule has 1 amide bonds. The van der Waals surface area contributed by atoms with Gasteiger partial charge in [-0.05, 0) is 49.2 Å². The zero-order valence-electron chi connectivity index (χ0n) is 15.4. The predicted molar refractivity (Wildman–Crippen MR) is 104 cm³/mol. The number of hydrogen-bond acceptors (Lipinski definition) is 4. The first-order valence-corrected chi connectivity index (χ1v) is 9.17. The van der Waals surface area contributed by atoms with Crippen LogP contribution in [0.5, 0.6) is 5.75 Å². The van der Waals surface area contributed by atoms with Crippen LogP contribution in [0, 0.1) is 13.8 Å². The van der Waals surface area contributed by atoms with Crippen LogP contribution in [0.3, 0.4) is 0 Å². The average Bonchev–Trinajstić information content (AvgIpc) is 2.96. The topological polar surface area (TPSA) is 52.8 Å². The van der Waals surface area contributed by atoms with Gasteiger partial charge >= 0.3 is 0 Å². The third-order valence-corrected chi connectivity index (χ3v) is 5.17. The van der Waals surface area contributed by atoms with E-state index in [1.165, 1.54) is 22.5 Å². The third kappa shape index (κ3) is 3.71. The van der Waals surface area contributed by atoms with Gasteiger partial charge in [-0.1, -0.05) is 23.5 Å². The molecule has 3 rings (SSSR count). The smallest absolute Gasteiger partial charge is 0.279 e. The monoisotopic (exact) mass is 370 g/mol. The maximum absolute atomic E-state index is 12.7. The Bertz CT molecular complexity index is 1020. The second kappa shape index (κ2) is 7.85. The number of aromatic nitrogens is 1. The lowest BCUT2D eigenvalue weighted by Crippen LogP contribution is -2.19. The Kier molecular flexibility index (Phi) is 5.54. The van der Waals surface area contributed by atoms with Crippen molar-refractivity contribution in [2.75, 3.05) is 20.8 Å². The summed E-state index contributed by atoms with van der Waals surface area (Å²) in [5.74, 6) is 0.358. The van der Waals surface area contributed by atoms with Gasteiger partial charge in [-0.25, -0.2) is 0 Å². The van der Waals surface area contributed by atoms with Gasteiger partial charge in [-0.15, -0.1) is 0 Å². The molecule has 6 heteroatoms. The number of fused-ring (bicyclic) bond motifs is 1. The molecule has 0 saturated heterocycles. The van der Waals surface area contributed by atoms with Crippen molar-refractivity contribution in [3.63, 3.8) is 0 Å². The van der Waals surface area contributed by atoms with Crippen LogP contribution in [0.15, 0.2) is 41.4 Å². The fourth-order valence-corrected chi connectivity index (χ4v) is 4.21. The summed E-state index contributed by atoms with van der Waals surface area (Å²) in [6.45, 7) is 5.35. The highest BCUT2D eigenvalue weighted by Gasteiger charge is 2.12. The highest BCUT2D eigenvalue weighted by molar-refractivity contribution is 7.16. The summed E-state index contributed by atoms with van der Waals surface area (Å²) in [6, 6.07) is 11.3. The second-order valence-corrected chi connectivity index (χ2v) is 7.12. The third-order valence-electron chi connectivity index (χ3n) is 4.14. The van der Waals surface area contributed by atoms with Gasteiger partial charge in [-0.3, -0.25) is 4.79 Å². The van der Waals surface area contributed by atoms with Gasteiger partial charge in [0.25, 0.3) is 5.91 Å². The van der Waals surface area contributed by atoms with Gasteiger partial charge in [0.15, 0.2) is 4.80 Å². The van der Waals surface area contributed by atoms with Gasteiger partial charge < -0.3 is 14.0 Å². The molecule has 3 aromatic rings. The van der Waals surface area contributed by atoms with Gasteiger partial charge in [0.05, 0.1) is 23.9 Å². The Morgan fingerprint density at radius 1 is 1.19 bits per heavy atom. The lowest BCUT2D eigenvalue weighted by atomic mass is 10.1. The van der Waals surface area contributed by atoms with Crippen molar-refractivity contribution in [1.29, 1.82) is 0 Å². The number of thiazole rings is 1. The first-order valence-electron chi connectivity index (χ1n) is 8.36. The normalized spacial score (nSPS) is 11.9. The molecule has 0 radical (unpaired) electrons. The molecule has 2 aromatic carbocycles. The van der Waals surface area contributed by atoms with E-state index < -0.39 is 0 Å². The minimum absolute atomic E-state index is 0.281. The van der Waals surface area contributed by atoms with Gasteiger partial charge in [0.2, 0.25) is 0 Å². The molecule has 0 aliphatic rings. The SMILES string of the molecule is COCCn1c(=NC(=O)c2cccc(OC)c2)sc2cc(C)cc(C)c21. The predicted octanol–water partition coefficient (Wildman–Crippen LogP) is 3.72. The van der Waals surface area contributed by atoms with Crippen molar-refractivity contribution in [3.05, 3.63) is 57.9 Å². The first kappa shape index (κ1) is 18.4. The number of aryl methyl sites for hydroxylation is 2. The van der Waals surface area contributed by atoms with Crippen LogP contribution in [0.1, 0.15) is 21.5 Å². The van der Waals surface area contributed by atoms with Crippen molar-refractivity contribution >= 4 is 27.5 Å². The van der Waals surface area contributed by atoms with Crippen LogP contribution in [0.2, 0.25) is 0 Å². The van der Waals surface area contributed by atoms with Crippen LogP contribution in [0.4, 0.5) is 0 Å². The summed E-state index contributed by atoms with van der Waals surface area (Å²) < 4.78 is 13.6. The van der Waals surface area contributed by atoms with Crippen LogP contribution in [-0.2, 0) is 11.3 Å². The van der Waals surface area contributed by atoms with E-state index >= 15 is 0 Å². The molecule has 26 heavy (non-hydrogen) atoms. The Labute approximate surface area is 156 Å². The van der Waals surface area contributed by atoms with Crippen LogP contribution in [-0.4, -0.2) is 31.3 Å². The van der Waals surface area contributed by atoms with Crippen molar-refractivity contribution < 1.29 is 14.3 Å². The number of nitrogens with zero attached hydrogens (tertiary/aromatic N) is 2. The molecule has 0 bridgehead atoms. The van der Waals surface area contributed by atoms with Crippen LogP contribution >= 0.6 is 11.3 Å². The highest BCUT2D eigenvalue weighted by atomic mass is 32.1. The number of amides is 1. The summed E-state index contributed by atoms with van der Waals surface area (Å²) in [5.41, 5.74) is 3.98. The largest absolute Gasteiger partial charge is 0.497 e. The van der Waals surface area contributed by atoms with Crippen molar-refractivity contribution in [2.45, 2.75) is 20.4 Å². The minimum atomic E-state index is -0.281. The van der Waals surface area contributed by atoms with E-state index in [-0.39, 0.29) is 5.91 Å². The molecule has 0 saturated carbocycles. The molecule has 0 aliphatic carbocycles. The van der Waals surface area contributed by atoms with E-state index in [0.717, 1.165) is 10.2 Å². The maximum atomic E-state index is 12.7. The average molecular weight is 370 g/mol. The number of benzene rings is 2. The molecule has 0 spiro atoms. The molecule has 5 nitrogen and oxygen atoms in total. The number of carbonyl (C=O) groups excluding carboxylic acids is 1. The summed E-state index contributed by atoms with van der Waals surface area (Å²) in [7, 11) is 3.25. The first-order chi connectivity index (χ1) is 12.5. The van der Waals surface area contributed by atoms with Gasteiger partial charge in [0, 0.05) is 19.2 Å². The van der Waals surface area contributed by atoms with E-state index in [1.54, 1.807) is 38.5 Å². The Balaban J connectivity index is 2.14. The van der Waals surface area contributed by atoms with Gasteiger partial charge in [0.1, 0.15) is 5.75 Å². The number of methoxy groups -OCH3 is 2. The van der Waals surface area contributed by atoms with Crippen LogP contribution < -0.4 is 9.54 Å². The second-order valence-electron chi connectivity index (χ2n) is 6.11. The summed E-state index contributed by atoms with van der Waals surface area (Å²) in [6.07, 6.45) is 0. The maximum Gasteiger partial charge on any atom is 0.279 e. The standard InChI is InChI=1S/C20H22N2O3S/c1-13-10-14(2)18-17(11-13)26-20(22(18)8-9-24-3)21-19(23)15-6-5-7-16(12-15)25-4/h5-7,10-12H,8-9H2,1-4H3. The molecule has 0 fully saturated rings. The van der Waals surface area contributed by atoms with E-state index in [9.17, 15) is 4.79 Å². The Hall–Kier alpha value is -2.44. The molecule has 0 N–H and O–H groups in total. The fraction of sp³-hybridized carbons (Fsp3) is 0.300. The van der Waals surface area contributed by atoms with E-state index in [1.807, 2.05) is 0 Å². The lowest BCUT2D eigenvalue weighted by Gasteiger charge is -2.07. The minimum Gasteiger partial charge on any atom is -0.497 e. The number of ether oxygens (including phenoxy) is 2. The van der Waals surface area contributed by atoms with E-state index in [2.05, 4.69) is 35.5 Å². The van der Waals surface area contributed by atoms with Crippen molar-refractivity contribution in [3.8, 4) is 5.75 Å². The lowest BCUT2D eigenvalue weighted by molar-refractivity contribution is 0.0997. The molecule has 136 valence electrons. The van der Waals surface area contributed by atoms with Crippen molar-refractivity contribution in [1.82, 2.24) is 4.57 Å². The molecule has 1 heterocycles. The van der Waals surface area contributed by atoms with E-state index in [0.29, 0.717) is 29.3 Å². The zero-order chi connectivity index (χ0) is 18.7. The highest BCUT2D eigenvalue weighted by Crippen LogP contribution is 2.23. The molecule has 0 aliphatic heterocycles. The Morgan fingerprint density at radius 2 is 2.00 bits per heavy atom. The number of rotatable bonds is 5. The van der Waals surface area contributed by atoms with Crippen LogP contribution in [0.25, 0.3) is 10.2 Å². The molecule has 1 aromatic heterocycles. The number of carbonyl (C=O) groups is 1. The fourth-order valence-electron chi connectivity index (χ4n) is 2.97. The summed E-state index contributed by atoms with van der Waals surface area (Å²) >= 11 is 1.52. The molecular formula is C20H22N2O3S. The molecule has 0 atom stereocenters. The van der Waals surface area contributed by atoms with E-state index in [4.69, 9.17) is 9.47 Å². The molecular weight excluding hydrogens is 348 g/mol. The quantitative estimate of drug-likeness (QED) is 0.688. The van der Waals surface area contributed by atoms with Crippen molar-refractivity contribution in [2.24, 2.45) is 4.99 Å². The summed E-state index contributed by atoms with van der Waals surface area (Å²) in [4.78, 5) is 17.8. The zero-order valence-corrected chi connectivity index (χ0v) is 16.2. The van der Waals surface area contributed by atoms with Gasteiger partial charge in [-0.2, -0.15) is 4.99 Å². The number of hydrogen-bond donors (Lipinski definition) is 0. The Morgan fingerprint density at radius 3 is 2.73 bits per heavy atom. The summed E-state index contributed by atoms with van der Waals surface area (Å²) in [5, 5.41) is 0. The molecule has 0 unspecified atom stereocenters.